The zero-order valence-corrected chi connectivity index (χ0v) is 8.25. The van der Waals surface area contributed by atoms with E-state index in [2.05, 4.69) is 0 Å². The summed E-state index contributed by atoms with van der Waals surface area (Å²) < 4.78 is 15.3. The smallest absolute Gasteiger partial charge is 0.223 e. The van der Waals surface area contributed by atoms with Gasteiger partial charge in [0.15, 0.2) is 0 Å². The van der Waals surface area contributed by atoms with Crippen molar-refractivity contribution in [1.82, 2.24) is 0 Å². The lowest BCUT2D eigenvalue weighted by Gasteiger charge is -1.99. The molecule has 2 aliphatic rings. The Labute approximate surface area is 68.8 Å². The van der Waals surface area contributed by atoms with Crippen molar-refractivity contribution in [2.24, 2.45) is 0 Å². The summed E-state index contributed by atoms with van der Waals surface area (Å²) in [4.78, 5) is 0. The summed E-state index contributed by atoms with van der Waals surface area (Å²) in [6.45, 7) is 0.908. The van der Waals surface area contributed by atoms with E-state index in [1.807, 2.05) is 0 Å². The first-order valence-electron chi connectivity index (χ1n) is 4.22. The number of epoxide rings is 2. The second-order valence-corrected chi connectivity index (χ2v) is 5.10. The first-order chi connectivity index (χ1) is 5.37. The number of rotatable bonds is 6. The maximum absolute atomic E-state index is 5.18. The van der Waals surface area contributed by atoms with Crippen molar-refractivity contribution in [3.8, 4) is 0 Å². The fourth-order valence-corrected chi connectivity index (χ4v) is 3.11. The Morgan fingerprint density at radius 3 is 2.82 bits per heavy atom. The summed E-state index contributed by atoms with van der Waals surface area (Å²) >= 11 is 0. The molecule has 2 rings (SSSR count). The number of methoxy groups -OCH3 is 1. The predicted octanol–water partition coefficient (Wildman–Crippen LogP) is 0.111. The van der Waals surface area contributed by atoms with Crippen molar-refractivity contribution < 1.29 is 14.2 Å². The van der Waals surface area contributed by atoms with E-state index in [4.69, 9.17) is 14.2 Å². The van der Waals surface area contributed by atoms with Crippen LogP contribution >= 0.6 is 0 Å². The van der Waals surface area contributed by atoms with Gasteiger partial charge in [0.25, 0.3) is 0 Å². The second kappa shape index (κ2) is 2.86. The molecule has 4 heteroatoms. The largest absolute Gasteiger partial charge is 0.385 e. The van der Waals surface area contributed by atoms with Crippen LogP contribution in [0.15, 0.2) is 0 Å². The molecule has 2 fully saturated rings. The molecule has 0 atom stereocenters. The number of ether oxygens (including phenoxy) is 3. The molecule has 0 spiro atoms. The quantitative estimate of drug-likeness (QED) is 0.326. The highest BCUT2D eigenvalue weighted by molar-refractivity contribution is 6.36. The van der Waals surface area contributed by atoms with E-state index in [0.717, 1.165) is 6.61 Å². The van der Waals surface area contributed by atoms with Gasteiger partial charge in [0, 0.05) is 23.2 Å². The first-order valence-corrected chi connectivity index (χ1v) is 6.22. The Balaban J connectivity index is 1.42. The molecule has 0 amide bonds. The third-order valence-electron chi connectivity index (χ3n) is 2.23. The monoisotopic (exact) mass is 174 g/mol. The zero-order chi connectivity index (χ0) is 7.73. The molecule has 2 aliphatic heterocycles. The molecule has 0 aromatic heterocycles. The third-order valence-corrected chi connectivity index (χ3v) is 4.28. The lowest BCUT2D eigenvalue weighted by atomic mass is 10.5. The topological polar surface area (TPSA) is 34.3 Å². The minimum absolute atomic E-state index is 0.0146. The van der Waals surface area contributed by atoms with E-state index < -0.39 is 0 Å². The van der Waals surface area contributed by atoms with E-state index in [9.17, 15) is 0 Å². The van der Waals surface area contributed by atoms with Crippen molar-refractivity contribution in [2.75, 3.05) is 13.7 Å². The molecule has 0 radical (unpaired) electrons. The molecule has 0 aromatic rings. The van der Waals surface area contributed by atoms with Gasteiger partial charge in [-0.25, -0.2) is 0 Å². The fraction of sp³-hybridized carbons (Fsp3) is 1.00. The van der Waals surface area contributed by atoms with Gasteiger partial charge in [-0.1, -0.05) is 6.04 Å². The lowest BCUT2D eigenvalue weighted by molar-refractivity contribution is -0.0403. The van der Waals surface area contributed by atoms with Gasteiger partial charge >= 0.3 is 0 Å². The highest BCUT2D eigenvalue weighted by Gasteiger charge is 2.76. The van der Waals surface area contributed by atoms with Gasteiger partial charge in [0.2, 0.25) is 12.1 Å². The maximum Gasteiger partial charge on any atom is 0.223 e. The maximum atomic E-state index is 5.18. The Morgan fingerprint density at radius 1 is 1.55 bits per heavy atom. The minimum Gasteiger partial charge on any atom is -0.385 e. The van der Waals surface area contributed by atoms with Crippen LogP contribution in [0.5, 0.6) is 0 Å². The summed E-state index contributed by atoms with van der Waals surface area (Å²) in [6, 6.07) is 2.57. The molecule has 0 saturated carbocycles. The van der Waals surface area contributed by atoms with Crippen LogP contribution in [0.3, 0.4) is 0 Å². The predicted molar refractivity (Wildman–Crippen MR) is 43.3 cm³/mol. The van der Waals surface area contributed by atoms with Crippen LogP contribution < -0.4 is 0 Å². The van der Waals surface area contributed by atoms with E-state index in [-0.39, 0.29) is 21.6 Å². The van der Waals surface area contributed by atoms with Gasteiger partial charge in [0.05, 0.1) is 0 Å². The SMILES string of the molecule is COCCC[SiH2]CC12OC1O2. The van der Waals surface area contributed by atoms with Gasteiger partial charge in [-0.3, -0.25) is 0 Å². The summed E-state index contributed by atoms with van der Waals surface area (Å²) in [6.07, 6.45) is 1.43. The molecule has 2 saturated heterocycles. The molecular weight excluding hydrogens is 160 g/mol. The zero-order valence-electron chi connectivity index (χ0n) is 6.84. The highest BCUT2D eigenvalue weighted by atomic mass is 28.2. The third kappa shape index (κ3) is 1.64. The van der Waals surface area contributed by atoms with Crippen molar-refractivity contribution in [1.29, 1.82) is 0 Å². The van der Waals surface area contributed by atoms with Gasteiger partial charge in [0.1, 0.15) is 0 Å². The van der Waals surface area contributed by atoms with E-state index in [1.165, 1.54) is 18.5 Å². The average molecular weight is 174 g/mol. The molecule has 0 aromatic carbocycles. The van der Waals surface area contributed by atoms with Crippen molar-refractivity contribution in [3.05, 3.63) is 0 Å². The van der Waals surface area contributed by atoms with Gasteiger partial charge in [-0.2, -0.15) is 0 Å². The standard InChI is InChI=1S/C7H14O3Si/c1-8-3-2-4-11-5-7-6(9-7)10-7/h6H,2-5,11H2,1H3. The number of fused-ring (bicyclic) bond motifs is 1. The van der Waals surface area contributed by atoms with Crippen LogP contribution in [0.25, 0.3) is 0 Å². The Hall–Kier alpha value is 0.0969. The van der Waals surface area contributed by atoms with Crippen LogP contribution in [0.2, 0.25) is 12.1 Å². The second-order valence-electron chi connectivity index (χ2n) is 3.18. The van der Waals surface area contributed by atoms with E-state index in [0.29, 0.717) is 0 Å². The minimum atomic E-state index is -0.0146. The molecule has 0 aliphatic carbocycles. The van der Waals surface area contributed by atoms with E-state index in [1.54, 1.807) is 7.11 Å². The molecule has 64 valence electrons. The van der Waals surface area contributed by atoms with Crippen LogP contribution in [-0.2, 0) is 14.2 Å². The average Bonchev–Trinajstić information content (AvgIpc) is 2.75. The Bertz CT molecular complexity index is 145. The van der Waals surface area contributed by atoms with Gasteiger partial charge in [-0.05, 0) is 12.5 Å². The molecule has 0 bridgehead atoms. The molecule has 0 N–H and O–H groups in total. The summed E-state index contributed by atoms with van der Waals surface area (Å²) in [5.41, 5.74) is 0. The molecule has 0 unspecified atom stereocenters. The van der Waals surface area contributed by atoms with Crippen LogP contribution in [0.1, 0.15) is 6.42 Å². The summed E-state index contributed by atoms with van der Waals surface area (Å²) in [5, 5.41) is 0. The molecule has 11 heavy (non-hydrogen) atoms. The Morgan fingerprint density at radius 2 is 2.27 bits per heavy atom. The summed E-state index contributed by atoms with van der Waals surface area (Å²) in [5.74, 6) is -0.0146. The van der Waals surface area contributed by atoms with Gasteiger partial charge < -0.3 is 14.2 Å². The summed E-state index contributed by atoms with van der Waals surface area (Å²) in [7, 11) is 1.82. The van der Waals surface area contributed by atoms with Crippen LogP contribution in [0.4, 0.5) is 0 Å². The first kappa shape index (κ1) is 7.73. The van der Waals surface area contributed by atoms with Crippen molar-refractivity contribution in [2.45, 2.75) is 30.6 Å². The highest BCUT2D eigenvalue weighted by Crippen LogP contribution is 2.58. The van der Waals surface area contributed by atoms with Crippen molar-refractivity contribution in [3.63, 3.8) is 0 Å². The van der Waals surface area contributed by atoms with Crippen molar-refractivity contribution >= 4 is 9.52 Å². The molecule has 3 nitrogen and oxygen atoms in total. The van der Waals surface area contributed by atoms with Gasteiger partial charge in [-0.15, -0.1) is 0 Å². The van der Waals surface area contributed by atoms with Crippen LogP contribution in [-0.4, -0.2) is 35.3 Å². The Kier molecular flexibility index (Phi) is 2.01. The molecule has 2 heterocycles. The van der Waals surface area contributed by atoms with E-state index >= 15 is 0 Å². The normalized spacial score (nSPS) is 39.5. The lowest BCUT2D eigenvalue weighted by Crippen LogP contribution is -2.03. The fourth-order valence-electron chi connectivity index (χ4n) is 1.33. The molecular formula is C7H14O3Si. The number of hydrogen-bond donors (Lipinski definition) is 0. The van der Waals surface area contributed by atoms with Crippen LogP contribution in [0, 0.1) is 0 Å². The number of hydrogen-bond acceptors (Lipinski definition) is 3.